The third-order valence-corrected chi connectivity index (χ3v) is 3.45. The largest absolute Gasteiger partial charge is 0.412 e. The number of nitrogen functional groups attached to an aromatic ring is 1. The van der Waals surface area contributed by atoms with Crippen LogP contribution in [0.25, 0.3) is 11.2 Å². The van der Waals surface area contributed by atoms with Gasteiger partial charge in [-0.25, -0.2) is 4.98 Å². The molecule has 0 saturated carbocycles. The molecule has 0 aromatic carbocycles. The van der Waals surface area contributed by atoms with E-state index in [1.54, 1.807) is 0 Å². The smallest absolute Gasteiger partial charge is 0.325 e. The zero-order chi connectivity index (χ0) is 17.6. The fourth-order valence-electron chi connectivity index (χ4n) is 1.48. The predicted octanol–water partition coefficient (Wildman–Crippen LogP) is -3.27. The summed E-state index contributed by atoms with van der Waals surface area (Å²) in [6, 6.07) is 0. The van der Waals surface area contributed by atoms with Crippen molar-refractivity contribution in [1.82, 2.24) is 19.5 Å². The third kappa shape index (κ3) is 6.72. The van der Waals surface area contributed by atoms with Crippen LogP contribution in [0.2, 0.25) is 0 Å². The van der Waals surface area contributed by atoms with E-state index in [9.17, 15) is 9.36 Å². The standard InChI is InChI=1S/C6H7N5O2.C4H11O5P.H2O/c7-6-9-4-3(5(13)10-6)8-1-11(4)2-12;5-3-4(6)1-2-10(7,8)9;/h1,12H,2H2,(H3,7,9,10,13);4-6H,1-3H2,(H2,7,8,9);1H2/t;4-;/m.1./s1. The number of nitrogens with zero attached hydrogens (tertiary/aromatic N) is 3. The van der Waals surface area contributed by atoms with Crippen LogP contribution >= 0.6 is 7.60 Å². The van der Waals surface area contributed by atoms with E-state index in [0.717, 1.165) is 0 Å². The van der Waals surface area contributed by atoms with Crippen LogP contribution in [-0.4, -0.2) is 69.0 Å². The van der Waals surface area contributed by atoms with Gasteiger partial charge in [0.25, 0.3) is 5.56 Å². The molecule has 1 atom stereocenters. The Morgan fingerprint density at radius 3 is 2.50 bits per heavy atom. The molecule has 0 amide bonds. The number of aliphatic hydroxyl groups excluding tert-OH is 3. The second kappa shape index (κ2) is 9.44. The van der Waals surface area contributed by atoms with E-state index in [-0.39, 0.29) is 41.9 Å². The van der Waals surface area contributed by atoms with Crippen LogP contribution in [0.4, 0.5) is 5.95 Å². The molecule has 10 N–H and O–H groups in total. The average molecular weight is 369 g/mol. The molecule has 138 valence electrons. The number of nitrogens with one attached hydrogen (secondary N) is 1. The highest BCUT2D eigenvalue weighted by Gasteiger charge is 2.14. The number of imidazole rings is 1. The highest BCUT2D eigenvalue weighted by atomic mass is 31.2. The highest BCUT2D eigenvalue weighted by molar-refractivity contribution is 7.51. The number of anilines is 1. The van der Waals surface area contributed by atoms with Crippen molar-refractivity contribution in [3.8, 4) is 0 Å². The monoisotopic (exact) mass is 369 g/mol. The molecular formula is C10H20N5O8P. The van der Waals surface area contributed by atoms with Gasteiger partial charge in [-0.15, -0.1) is 0 Å². The Morgan fingerprint density at radius 1 is 1.38 bits per heavy atom. The molecule has 0 unspecified atom stereocenters. The van der Waals surface area contributed by atoms with E-state index in [1.807, 2.05) is 0 Å². The fraction of sp³-hybridized carbons (Fsp3) is 0.500. The van der Waals surface area contributed by atoms with Crippen molar-refractivity contribution in [2.45, 2.75) is 19.3 Å². The Labute approximate surface area is 134 Å². The number of aromatic nitrogens is 4. The summed E-state index contributed by atoms with van der Waals surface area (Å²) in [5.41, 5.74) is 5.36. The number of aliphatic hydroxyl groups is 3. The molecule has 2 aromatic rings. The van der Waals surface area contributed by atoms with Crippen LogP contribution in [0, 0.1) is 0 Å². The number of nitrogens with two attached hydrogens (primary N) is 1. The predicted molar refractivity (Wildman–Crippen MR) is 83.0 cm³/mol. The van der Waals surface area contributed by atoms with Gasteiger partial charge in [0.05, 0.1) is 25.2 Å². The van der Waals surface area contributed by atoms with Gasteiger partial charge in [-0.2, -0.15) is 4.98 Å². The average Bonchev–Trinajstić information content (AvgIpc) is 2.87. The Kier molecular flexibility index (Phi) is 8.71. The van der Waals surface area contributed by atoms with Gasteiger partial charge < -0.3 is 36.3 Å². The van der Waals surface area contributed by atoms with Gasteiger partial charge in [-0.1, -0.05) is 0 Å². The number of aromatic amines is 1. The molecular weight excluding hydrogens is 349 g/mol. The molecule has 0 aliphatic rings. The maximum absolute atomic E-state index is 11.2. The van der Waals surface area contributed by atoms with Gasteiger partial charge in [-0.05, 0) is 6.42 Å². The third-order valence-electron chi connectivity index (χ3n) is 2.61. The summed E-state index contributed by atoms with van der Waals surface area (Å²) in [6.45, 7) is -0.744. The van der Waals surface area contributed by atoms with Crippen LogP contribution in [0.3, 0.4) is 0 Å². The number of rotatable bonds is 5. The fourth-order valence-corrected chi connectivity index (χ4v) is 2.12. The summed E-state index contributed by atoms with van der Waals surface area (Å²) < 4.78 is 11.5. The Hall–Kier alpha value is -1.86. The molecule has 0 aliphatic carbocycles. The first-order valence-electron chi connectivity index (χ1n) is 6.33. The first-order valence-corrected chi connectivity index (χ1v) is 8.12. The molecule has 13 nitrogen and oxygen atoms in total. The molecule has 24 heavy (non-hydrogen) atoms. The van der Waals surface area contributed by atoms with E-state index >= 15 is 0 Å². The van der Waals surface area contributed by atoms with Gasteiger partial charge in [0, 0.05) is 0 Å². The number of hydrogen-bond donors (Lipinski definition) is 7. The molecule has 0 bridgehead atoms. The van der Waals surface area contributed by atoms with Crippen LogP contribution in [0.15, 0.2) is 11.1 Å². The lowest BCUT2D eigenvalue weighted by atomic mass is 10.3. The summed E-state index contributed by atoms with van der Waals surface area (Å²) >= 11 is 0. The van der Waals surface area contributed by atoms with Crippen molar-refractivity contribution in [2.24, 2.45) is 0 Å². The number of fused-ring (bicyclic) bond motifs is 1. The van der Waals surface area contributed by atoms with E-state index in [1.165, 1.54) is 10.9 Å². The van der Waals surface area contributed by atoms with Crippen molar-refractivity contribution in [2.75, 3.05) is 18.5 Å². The molecule has 0 saturated heterocycles. The van der Waals surface area contributed by atoms with Crippen molar-refractivity contribution in [3.05, 3.63) is 16.7 Å². The minimum absolute atomic E-state index is 0. The van der Waals surface area contributed by atoms with Gasteiger partial charge >= 0.3 is 7.60 Å². The minimum atomic E-state index is -4.00. The van der Waals surface area contributed by atoms with Crippen molar-refractivity contribution in [1.29, 1.82) is 0 Å². The molecule has 0 aliphatic heterocycles. The van der Waals surface area contributed by atoms with Crippen LogP contribution in [0.5, 0.6) is 0 Å². The van der Waals surface area contributed by atoms with E-state index in [2.05, 4.69) is 15.0 Å². The second-order valence-electron chi connectivity index (χ2n) is 4.49. The molecule has 2 rings (SSSR count). The van der Waals surface area contributed by atoms with Crippen LogP contribution < -0.4 is 11.3 Å². The van der Waals surface area contributed by atoms with Crippen LogP contribution in [0.1, 0.15) is 6.42 Å². The first kappa shape index (κ1) is 22.1. The maximum Gasteiger partial charge on any atom is 0.325 e. The minimum Gasteiger partial charge on any atom is -0.412 e. The maximum atomic E-state index is 11.2. The number of hydrogen-bond acceptors (Lipinski definition) is 8. The molecule has 0 fully saturated rings. The zero-order valence-corrected chi connectivity index (χ0v) is 13.3. The summed E-state index contributed by atoms with van der Waals surface area (Å²) in [7, 11) is -4.00. The van der Waals surface area contributed by atoms with Gasteiger partial charge in [-0.3, -0.25) is 18.9 Å². The molecule has 2 aromatic heterocycles. The van der Waals surface area contributed by atoms with Crippen molar-refractivity contribution in [3.63, 3.8) is 0 Å². The van der Waals surface area contributed by atoms with Gasteiger partial charge in [0.2, 0.25) is 5.95 Å². The Balaban J connectivity index is 0.000000441. The molecule has 2 heterocycles. The summed E-state index contributed by atoms with van der Waals surface area (Å²) in [4.78, 5) is 37.7. The molecule has 0 spiro atoms. The zero-order valence-electron chi connectivity index (χ0n) is 12.4. The van der Waals surface area contributed by atoms with Crippen molar-refractivity contribution < 1.29 is 35.1 Å². The van der Waals surface area contributed by atoms with Gasteiger partial charge in [0.1, 0.15) is 6.73 Å². The number of H-pyrrole nitrogens is 1. The molecule has 14 heteroatoms. The lowest BCUT2D eigenvalue weighted by Gasteiger charge is -2.06. The quantitative estimate of drug-likeness (QED) is 0.259. The van der Waals surface area contributed by atoms with E-state index in [0.29, 0.717) is 0 Å². The lowest BCUT2D eigenvalue weighted by Crippen LogP contribution is -2.13. The van der Waals surface area contributed by atoms with Crippen LogP contribution in [-0.2, 0) is 11.3 Å². The summed E-state index contributed by atoms with van der Waals surface area (Å²) in [5, 5.41) is 25.7. The topological polar surface area (TPSA) is 239 Å². The second-order valence-corrected chi connectivity index (χ2v) is 6.27. The van der Waals surface area contributed by atoms with E-state index < -0.39 is 25.9 Å². The first-order chi connectivity index (χ1) is 10.7. The van der Waals surface area contributed by atoms with E-state index in [4.69, 9.17) is 30.8 Å². The molecule has 0 radical (unpaired) electrons. The Morgan fingerprint density at radius 2 is 2.00 bits per heavy atom. The highest BCUT2D eigenvalue weighted by Crippen LogP contribution is 2.35. The van der Waals surface area contributed by atoms with Crippen molar-refractivity contribution >= 4 is 24.7 Å². The summed E-state index contributed by atoms with van der Waals surface area (Å²) in [6.07, 6.45) is -0.144. The normalized spacial score (nSPS) is 12.2. The van der Waals surface area contributed by atoms with Gasteiger partial charge in [0.15, 0.2) is 11.2 Å². The Bertz CT molecular complexity index is 740. The lowest BCUT2D eigenvalue weighted by molar-refractivity contribution is 0.0918. The SMILES string of the molecule is Nc1nc2c(ncn2CO)c(=O)[nH]1.O.O=P(O)(O)CC[C@@H](O)CO. The summed E-state index contributed by atoms with van der Waals surface area (Å²) in [5.74, 6) is 0.00713.